The van der Waals surface area contributed by atoms with Gasteiger partial charge < -0.3 is 19.0 Å². The highest BCUT2D eigenvalue weighted by atomic mass is 19.1. The molecule has 4 heterocycles. The first-order valence-electron chi connectivity index (χ1n) is 10.7. The van der Waals surface area contributed by atoms with E-state index in [1.165, 1.54) is 23.3 Å². The molecule has 2 saturated heterocycles. The Morgan fingerprint density at radius 1 is 1.09 bits per heavy atom. The van der Waals surface area contributed by atoms with E-state index in [1.807, 2.05) is 18.2 Å². The lowest BCUT2D eigenvalue weighted by molar-refractivity contribution is 0.0777. The van der Waals surface area contributed by atoms with Gasteiger partial charge in [0.15, 0.2) is 5.58 Å². The Bertz CT molecular complexity index is 1320. The molecule has 2 aliphatic rings. The maximum atomic E-state index is 14.7. The SMILES string of the molecule is COc1ccc2oc(N3CC4CN(C(=O)c5c(F)cccc5-n5nccn5)CC4C3)nc2c1. The Labute approximate surface area is 188 Å². The van der Waals surface area contributed by atoms with Crippen molar-refractivity contribution in [3.63, 3.8) is 0 Å². The zero-order valence-electron chi connectivity index (χ0n) is 17.9. The molecule has 1 amide bonds. The monoisotopic (exact) mass is 448 g/mol. The Morgan fingerprint density at radius 3 is 2.58 bits per heavy atom. The molecule has 0 radical (unpaired) electrons. The third kappa shape index (κ3) is 3.29. The molecular weight excluding hydrogens is 427 g/mol. The quantitative estimate of drug-likeness (QED) is 0.474. The van der Waals surface area contributed by atoms with E-state index in [1.54, 1.807) is 24.1 Å². The van der Waals surface area contributed by atoms with E-state index in [-0.39, 0.29) is 23.3 Å². The number of carbonyl (C=O) groups is 1. The fourth-order valence-electron chi connectivity index (χ4n) is 4.86. The van der Waals surface area contributed by atoms with E-state index in [2.05, 4.69) is 20.1 Å². The summed E-state index contributed by atoms with van der Waals surface area (Å²) in [6, 6.07) is 10.6. The van der Waals surface area contributed by atoms with Crippen molar-refractivity contribution in [2.45, 2.75) is 0 Å². The van der Waals surface area contributed by atoms with Crippen molar-refractivity contribution in [2.75, 3.05) is 38.2 Å². The van der Waals surface area contributed by atoms with Crippen LogP contribution in [0.15, 0.2) is 53.2 Å². The van der Waals surface area contributed by atoms with Gasteiger partial charge >= 0.3 is 0 Å². The fraction of sp³-hybridized carbons (Fsp3) is 0.304. The van der Waals surface area contributed by atoms with Crippen LogP contribution in [0, 0.1) is 17.7 Å². The van der Waals surface area contributed by atoms with Crippen LogP contribution in [-0.4, -0.2) is 64.1 Å². The molecule has 2 atom stereocenters. The first-order chi connectivity index (χ1) is 16.1. The summed E-state index contributed by atoms with van der Waals surface area (Å²) >= 11 is 0. The van der Waals surface area contributed by atoms with Gasteiger partial charge in [-0.05, 0) is 24.3 Å². The van der Waals surface area contributed by atoms with Crippen LogP contribution >= 0.6 is 0 Å². The summed E-state index contributed by atoms with van der Waals surface area (Å²) < 4.78 is 25.9. The van der Waals surface area contributed by atoms with E-state index in [9.17, 15) is 9.18 Å². The second kappa shape index (κ2) is 7.58. The summed E-state index contributed by atoms with van der Waals surface area (Å²) in [4.78, 5) is 23.0. The molecule has 168 valence electrons. The molecule has 0 spiro atoms. The molecule has 2 unspecified atom stereocenters. The number of hydrogen-bond acceptors (Lipinski definition) is 7. The van der Waals surface area contributed by atoms with Crippen molar-refractivity contribution < 1.29 is 18.3 Å². The molecule has 33 heavy (non-hydrogen) atoms. The first kappa shape index (κ1) is 19.7. The molecule has 0 aliphatic carbocycles. The van der Waals surface area contributed by atoms with Crippen molar-refractivity contribution in [3.8, 4) is 11.4 Å². The molecule has 10 heteroatoms. The Kier molecular flexibility index (Phi) is 4.53. The van der Waals surface area contributed by atoms with Crippen molar-refractivity contribution in [1.82, 2.24) is 24.9 Å². The average molecular weight is 448 g/mol. The number of rotatable bonds is 4. The summed E-state index contributed by atoms with van der Waals surface area (Å²) in [7, 11) is 1.62. The number of carbonyl (C=O) groups excluding carboxylic acids is 1. The molecule has 6 rings (SSSR count). The van der Waals surface area contributed by atoms with Crippen LogP contribution in [0.1, 0.15) is 10.4 Å². The van der Waals surface area contributed by atoms with Crippen molar-refractivity contribution in [2.24, 2.45) is 11.8 Å². The minimum Gasteiger partial charge on any atom is -0.497 e. The third-order valence-corrected chi connectivity index (χ3v) is 6.47. The molecule has 9 nitrogen and oxygen atoms in total. The van der Waals surface area contributed by atoms with Gasteiger partial charge in [-0.1, -0.05) is 6.07 Å². The molecular formula is C23H21FN6O3. The zero-order chi connectivity index (χ0) is 22.5. The average Bonchev–Trinajstić information content (AvgIpc) is 3.60. The summed E-state index contributed by atoms with van der Waals surface area (Å²) in [5.74, 6) is 0.339. The standard InChI is InChI=1S/C23H21FN6O3/c1-32-16-5-6-20-18(9-16)27-23(33-20)29-12-14-10-28(11-15(14)13-29)22(31)21-17(24)3-2-4-19(21)30-25-7-8-26-30/h2-9,14-15H,10-13H2,1H3. The van der Waals surface area contributed by atoms with E-state index < -0.39 is 5.82 Å². The van der Waals surface area contributed by atoms with Gasteiger partial charge in [0, 0.05) is 44.1 Å². The van der Waals surface area contributed by atoms with Crippen LogP contribution in [0.3, 0.4) is 0 Å². The number of hydrogen-bond donors (Lipinski definition) is 0. The number of likely N-dealkylation sites (tertiary alicyclic amines) is 1. The second-order valence-electron chi connectivity index (χ2n) is 8.42. The van der Waals surface area contributed by atoms with Crippen LogP contribution in [-0.2, 0) is 0 Å². The van der Waals surface area contributed by atoms with E-state index in [0.29, 0.717) is 30.4 Å². The van der Waals surface area contributed by atoms with Gasteiger partial charge in [0.1, 0.15) is 28.3 Å². The van der Waals surface area contributed by atoms with Crippen LogP contribution in [0.4, 0.5) is 10.4 Å². The number of benzene rings is 2. The van der Waals surface area contributed by atoms with Crippen LogP contribution in [0.25, 0.3) is 16.8 Å². The number of fused-ring (bicyclic) bond motifs is 2. The second-order valence-corrected chi connectivity index (χ2v) is 8.42. The third-order valence-electron chi connectivity index (χ3n) is 6.47. The smallest absolute Gasteiger partial charge is 0.298 e. The lowest BCUT2D eigenvalue weighted by atomic mass is 10.0. The largest absolute Gasteiger partial charge is 0.497 e. The zero-order valence-corrected chi connectivity index (χ0v) is 17.9. The minimum atomic E-state index is -0.574. The van der Waals surface area contributed by atoms with Gasteiger partial charge in [0.05, 0.1) is 19.5 Å². The number of ether oxygens (including phenoxy) is 1. The normalized spacial score (nSPS) is 19.9. The highest BCUT2D eigenvalue weighted by Crippen LogP contribution is 2.36. The van der Waals surface area contributed by atoms with Crippen LogP contribution < -0.4 is 9.64 Å². The van der Waals surface area contributed by atoms with Crippen molar-refractivity contribution in [3.05, 3.63) is 60.2 Å². The summed E-state index contributed by atoms with van der Waals surface area (Å²) in [6.45, 7) is 2.55. The van der Waals surface area contributed by atoms with E-state index in [4.69, 9.17) is 9.15 Å². The number of oxazole rings is 1. The molecule has 0 saturated carbocycles. The molecule has 4 aromatic rings. The maximum absolute atomic E-state index is 14.7. The molecule has 0 bridgehead atoms. The summed E-state index contributed by atoms with van der Waals surface area (Å²) in [5.41, 5.74) is 1.79. The molecule has 2 aromatic heterocycles. The molecule has 2 aromatic carbocycles. The maximum Gasteiger partial charge on any atom is 0.298 e. The van der Waals surface area contributed by atoms with Crippen LogP contribution in [0.2, 0.25) is 0 Å². The summed E-state index contributed by atoms with van der Waals surface area (Å²) in [5, 5.41) is 8.13. The van der Waals surface area contributed by atoms with Gasteiger partial charge in [-0.2, -0.15) is 20.0 Å². The van der Waals surface area contributed by atoms with Gasteiger partial charge in [-0.3, -0.25) is 4.79 Å². The predicted molar refractivity (Wildman–Crippen MR) is 117 cm³/mol. The Morgan fingerprint density at radius 2 is 1.85 bits per heavy atom. The number of methoxy groups -OCH3 is 1. The van der Waals surface area contributed by atoms with E-state index in [0.717, 1.165) is 24.4 Å². The van der Waals surface area contributed by atoms with Crippen molar-refractivity contribution in [1.29, 1.82) is 0 Å². The van der Waals surface area contributed by atoms with Gasteiger partial charge in [0.2, 0.25) is 0 Å². The van der Waals surface area contributed by atoms with Crippen LogP contribution in [0.5, 0.6) is 5.75 Å². The fourth-order valence-corrected chi connectivity index (χ4v) is 4.86. The highest BCUT2D eigenvalue weighted by Gasteiger charge is 2.43. The Balaban J connectivity index is 1.20. The molecule has 2 fully saturated rings. The first-order valence-corrected chi connectivity index (χ1v) is 10.7. The minimum absolute atomic E-state index is 0.00146. The lowest BCUT2D eigenvalue weighted by Crippen LogP contribution is -2.34. The van der Waals surface area contributed by atoms with Gasteiger partial charge in [-0.25, -0.2) is 4.39 Å². The highest BCUT2D eigenvalue weighted by molar-refractivity contribution is 5.98. The number of halogens is 1. The Hall–Kier alpha value is -3.95. The van der Waals surface area contributed by atoms with Gasteiger partial charge in [-0.15, -0.1) is 0 Å². The number of anilines is 1. The number of aromatic nitrogens is 4. The number of amides is 1. The van der Waals surface area contributed by atoms with Crippen molar-refractivity contribution >= 4 is 23.0 Å². The summed E-state index contributed by atoms with van der Waals surface area (Å²) in [6.07, 6.45) is 2.99. The lowest BCUT2D eigenvalue weighted by Gasteiger charge is -2.22. The van der Waals surface area contributed by atoms with E-state index >= 15 is 0 Å². The predicted octanol–water partition coefficient (Wildman–Crippen LogP) is 2.76. The molecule has 0 N–H and O–H groups in total. The molecule has 2 aliphatic heterocycles. The number of nitrogens with zero attached hydrogens (tertiary/aromatic N) is 6. The topological polar surface area (TPSA) is 89.5 Å². The van der Waals surface area contributed by atoms with Gasteiger partial charge in [0.25, 0.3) is 11.9 Å².